The minimum Gasteiger partial charge on any atom is -0.393 e. The number of hydrogen-bond acceptors (Lipinski definition) is 3. The zero-order valence-electron chi connectivity index (χ0n) is 19.7. The highest BCUT2D eigenvalue weighted by Gasteiger charge is 2.61. The van der Waals surface area contributed by atoms with Crippen LogP contribution in [-0.4, -0.2) is 35.1 Å². The first kappa shape index (κ1) is 21.5. The molecular weight excluding hydrogens is 372 g/mol. The van der Waals surface area contributed by atoms with Gasteiger partial charge in [0, 0.05) is 6.61 Å². The van der Waals surface area contributed by atoms with Gasteiger partial charge in [-0.2, -0.15) is 0 Å². The molecule has 0 amide bonds. The Morgan fingerprint density at radius 3 is 2.47 bits per heavy atom. The van der Waals surface area contributed by atoms with Crippen molar-refractivity contribution < 1.29 is 14.9 Å². The van der Waals surface area contributed by atoms with E-state index in [0.29, 0.717) is 23.2 Å². The Kier molecular flexibility index (Phi) is 5.43. The molecule has 30 heavy (non-hydrogen) atoms. The highest BCUT2D eigenvalue weighted by atomic mass is 16.5. The van der Waals surface area contributed by atoms with Crippen LogP contribution in [0, 0.1) is 40.4 Å². The fraction of sp³-hybridized carbons (Fsp3) is 0.926. The summed E-state index contributed by atoms with van der Waals surface area (Å²) >= 11 is 0. The molecule has 0 bridgehead atoms. The van der Waals surface area contributed by atoms with Gasteiger partial charge >= 0.3 is 0 Å². The first-order chi connectivity index (χ1) is 14.2. The van der Waals surface area contributed by atoms with E-state index >= 15 is 0 Å². The lowest BCUT2D eigenvalue weighted by Gasteiger charge is -2.60. The third kappa shape index (κ3) is 3.17. The number of hydrogen-bond donors (Lipinski definition) is 2. The predicted molar refractivity (Wildman–Crippen MR) is 120 cm³/mol. The largest absolute Gasteiger partial charge is 0.393 e. The highest BCUT2D eigenvalue weighted by Crippen LogP contribution is 2.67. The van der Waals surface area contributed by atoms with Crippen LogP contribution in [0.2, 0.25) is 0 Å². The van der Waals surface area contributed by atoms with E-state index in [4.69, 9.17) is 4.74 Å². The quantitative estimate of drug-likeness (QED) is 0.556. The third-order valence-electron chi connectivity index (χ3n) is 10.9. The van der Waals surface area contributed by atoms with Crippen LogP contribution in [0.15, 0.2) is 11.1 Å². The molecule has 5 aliphatic rings. The summed E-state index contributed by atoms with van der Waals surface area (Å²) in [5.41, 5.74) is 3.27. The van der Waals surface area contributed by atoms with Crippen molar-refractivity contribution in [2.24, 2.45) is 40.4 Å². The first-order valence-electron chi connectivity index (χ1n) is 12.9. The van der Waals surface area contributed by atoms with Crippen molar-refractivity contribution in [2.45, 2.75) is 110 Å². The molecule has 10 unspecified atom stereocenters. The second-order valence-electron chi connectivity index (χ2n) is 12.4. The lowest BCUT2D eigenvalue weighted by molar-refractivity contribution is -0.117. The molecule has 5 rings (SSSR count). The minimum absolute atomic E-state index is 0.0721. The fourth-order valence-electron chi connectivity index (χ4n) is 9.17. The van der Waals surface area contributed by atoms with Crippen molar-refractivity contribution in [3.05, 3.63) is 11.1 Å². The molecule has 0 aromatic carbocycles. The summed E-state index contributed by atoms with van der Waals surface area (Å²) in [4.78, 5) is 0. The van der Waals surface area contributed by atoms with Gasteiger partial charge in [0.2, 0.25) is 0 Å². The first-order valence-corrected chi connectivity index (χ1v) is 12.9. The molecule has 4 aliphatic carbocycles. The van der Waals surface area contributed by atoms with Crippen LogP contribution in [0.3, 0.4) is 0 Å². The average Bonchev–Trinajstić information content (AvgIpc) is 2.98. The van der Waals surface area contributed by atoms with Crippen molar-refractivity contribution in [2.75, 3.05) is 6.61 Å². The SMILES string of the molecule is CC(=C1C(O)CC2C3CCC4CC(O)CCC4(C)C3CCC12C)C1CCC(C)CO1. The lowest BCUT2D eigenvalue weighted by Crippen LogP contribution is -2.53. The van der Waals surface area contributed by atoms with Crippen LogP contribution in [0.1, 0.15) is 91.9 Å². The number of aliphatic hydroxyl groups excluding tert-OH is 2. The molecule has 0 spiro atoms. The van der Waals surface area contributed by atoms with Crippen molar-refractivity contribution >= 4 is 0 Å². The van der Waals surface area contributed by atoms with Crippen molar-refractivity contribution in [1.82, 2.24) is 0 Å². The van der Waals surface area contributed by atoms with Crippen LogP contribution < -0.4 is 0 Å². The van der Waals surface area contributed by atoms with Crippen molar-refractivity contribution in [1.29, 1.82) is 0 Å². The van der Waals surface area contributed by atoms with Gasteiger partial charge in [0.15, 0.2) is 0 Å². The Hall–Kier alpha value is -0.380. The van der Waals surface area contributed by atoms with Gasteiger partial charge in [-0.05, 0) is 123 Å². The summed E-state index contributed by atoms with van der Waals surface area (Å²) in [7, 11) is 0. The molecule has 3 heteroatoms. The Labute approximate surface area is 183 Å². The van der Waals surface area contributed by atoms with Crippen molar-refractivity contribution in [3.63, 3.8) is 0 Å². The van der Waals surface area contributed by atoms with Crippen molar-refractivity contribution in [3.8, 4) is 0 Å². The van der Waals surface area contributed by atoms with E-state index in [1.807, 2.05) is 0 Å². The molecule has 10 atom stereocenters. The Bertz CT molecular complexity index is 692. The Morgan fingerprint density at radius 1 is 0.933 bits per heavy atom. The van der Waals surface area contributed by atoms with E-state index in [1.54, 1.807) is 0 Å². The van der Waals surface area contributed by atoms with Gasteiger partial charge in [0.1, 0.15) is 0 Å². The molecule has 0 radical (unpaired) electrons. The van der Waals surface area contributed by atoms with Gasteiger partial charge in [-0.3, -0.25) is 0 Å². The van der Waals surface area contributed by atoms with Crippen LogP contribution in [0.5, 0.6) is 0 Å². The van der Waals surface area contributed by atoms with E-state index in [1.165, 1.54) is 49.7 Å². The van der Waals surface area contributed by atoms with E-state index in [0.717, 1.165) is 44.1 Å². The number of aliphatic hydroxyl groups is 2. The Morgan fingerprint density at radius 2 is 1.73 bits per heavy atom. The summed E-state index contributed by atoms with van der Waals surface area (Å²) in [6, 6.07) is 0. The standard InChI is InChI=1S/C27H44O3/c1-16-5-8-24(30-15-16)17(2)25-23(29)14-22-20-7-6-18-13-19(28)9-11-26(18,3)21(20)10-12-27(22,25)4/h16,18-24,28-29H,5-15H2,1-4H3. The van der Waals surface area contributed by atoms with Gasteiger partial charge in [-0.15, -0.1) is 0 Å². The second-order valence-corrected chi connectivity index (χ2v) is 12.4. The molecule has 0 aromatic rings. The molecule has 5 fully saturated rings. The molecule has 170 valence electrons. The smallest absolute Gasteiger partial charge is 0.0786 e. The molecule has 4 saturated carbocycles. The molecule has 2 N–H and O–H groups in total. The summed E-state index contributed by atoms with van der Waals surface area (Å²) in [5.74, 6) is 3.50. The normalized spacial score (nSPS) is 55.4. The molecule has 1 saturated heterocycles. The zero-order valence-corrected chi connectivity index (χ0v) is 19.7. The maximum Gasteiger partial charge on any atom is 0.0786 e. The topological polar surface area (TPSA) is 49.7 Å². The second kappa shape index (κ2) is 7.59. The molecular formula is C27H44O3. The van der Waals surface area contributed by atoms with Crippen LogP contribution in [-0.2, 0) is 4.74 Å². The van der Waals surface area contributed by atoms with Gasteiger partial charge < -0.3 is 14.9 Å². The molecule has 1 aliphatic heterocycles. The highest BCUT2D eigenvalue weighted by molar-refractivity contribution is 5.34. The molecule has 1 heterocycles. The van der Waals surface area contributed by atoms with Gasteiger partial charge in [0.25, 0.3) is 0 Å². The van der Waals surface area contributed by atoms with Crippen LogP contribution in [0.25, 0.3) is 0 Å². The fourth-order valence-corrected chi connectivity index (χ4v) is 9.17. The lowest BCUT2D eigenvalue weighted by atomic mass is 9.45. The van der Waals surface area contributed by atoms with Gasteiger partial charge in [-0.25, -0.2) is 0 Å². The molecule has 3 nitrogen and oxygen atoms in total. The van der Waals surface area contributed by atoms with E-state index < -0.39 is 0 Å². The number of ether oxygens (including phenoxy) is 1. The summed E-state index contributed by atoms with van der Waals surface area (Å²) in [5, 5.41) is 21.6. The molecule has 0 aromatic heterocycles. The van der Waals surface area contributed by atoms with E-state index in [-0.39, 0.29) is 23.7 Å². The third-order valence-corrected chi connectivity index (χ3v) is 10.9. The zero-order chi connectivity index (χ0) is 21.3. The summed E-state index contributed by atoms with van der Waals surface area (Å²) in [6.45, 7) is 10.4. The maximum atomic E-state index is 11.3. The number of fused-ring (bicyclic) bond motifs is 5. The average molecular weight is 417 g/mol. The van der Waals surface area contributed by atoms with Gasteiger partial charge in [0.05, 0.1) is 18.3 Å². The van der Waals surface area contributed by atoms with Gasteiger partial charge in [-0.1, -0.05) is 20.8 Å². The minimum atomic E-state index is -0.277. The Balaban J connectivity index is 1.43. The summed E-state index contributed by atoms with van der Waals surface area (Å²) in [6.07, 6.45) is 11.5. The maximum absolute atomic E-state index is 11.3. The number of rotatable bonds is 1. The predicted octanol–water partition coefficient (Wildman–Crippen LogP) is 5.49. The van der Waals surface area contributed by atoms with Crippen LogP contribution >= 0.6 is 0 Å². The van der Waals surface area contributed by atoms with E-state index in [2.05, 4.69) is 27.7 Å². The van der Waals surface area contributed by atoms with Crippen LogP contribution in [0.4, 0.5) is 0 Å². The van der Waals surface area contributed by atoms with E-state index in [9.17, 15) is 10.2 Å². The monoisotopic (exact) mass is 416 g/mol. The summed E-state index contributed by atoms with van der Waals surface area (Å²) < 4.78 is 6.25.